The van der Waals surface area contributed by atoms with E-state index in [4.69, 9.17) is 9.84 Å². The van der Waals surface area contributed by atoms with Crippen LogP contribution in [0.5, 0.6) is 5.75 Å². The largest absolute Gasteiger partial charge is 0.481 e. The molecular weight excluding hydrogens is 296 g/mol. The molecular formula is C17H24N2O4. The van der Waals surface area contributed by atoms with E-state index in [1.165, 1.54) is 0 Å². The summed E-state index contributed by atoms with van der Waals surface area (Å²) in [5.74, 6) is -0.0802. The summed E-state index contributed by atoms with van der Waals surface area (Å²) in [5.41, 5.74) is 1.01. The maximum absolute atomic E-state index is 12.5. The standard InChI is InChI=1S/C17H24N2O4/c1-13-5-3-4-6-15(13)23-14(2)17(22)19-11-9-18(10-12-19)8-7-16(20)21/h3-6,14H,7-12H2,1-2H3,(H,20,21)/t14-/m1/s1. The molecule has 1 aromatic carbocycles. The van der Waals surface area contributed by atoms with Crippen LogP contribution in [0.2, 0.25) is 0 Å². The van der Waals surface area contributed by atoms with Gasteiger partial charge in [0.2, 0.25) is 0 Å². The van der Waals surface area contributed by atoms with Crippen molar-refractivity contribution in [2.45, 2.75) is 26.4 Å². The molecule has 6 heteroatoms. The predicted molar refractivity (Wildman–Crippen MR) is 86.5 cm³/mol. The predicted octanol–water partition coefficient (Wildman–Crippen LogP) is 1.38. The smallest absolute Gasteiger partial charge is 0.304 e. The molecule has 1 atom stereocenters. The zero-order valence-corrected chi connectivity index (χ0v) is 13.7. The lowest BCUT2D eigenvalue weighted by Crippen LogP contribution is -2.52. The average molecular weight is 320 g/mol. The highest BCUT2D eigenvalue weighted by molar-refractivity contribution is 5.81. The highest BCUT2D eigenvalue weighted by atomic mass is 16.5. The zero-order chi connectivity index (χ0) is 16.8. The van der Waals surface area contributed by atoms with E-state index in [9.17, 15) is 9.59 Å². The van der Waals surface area contributed by atoms with Crippen molar-refractivity contribution in [3.63, 3.8) is 0 Å². The number of carboxylic acid groups (broad SMARTS) is 1. The summed E-state index contributed by atoms with van der Waals surface area (Å²) in [7, 11) is 0. The summed E-state index contributed by atoms with van der Waals surface area (Å²) in [6.45, 7) is 6.89. The normalized spacial score (nSPS) is 16.9. The van der Waals surface area contributed by atoms with Gasteiger partial charge < -0.3 is 14.7 Å². The van der Waals surface area contributed by atoms with Gasteiger partial charge in [-0.05, 0) is 25.5 Å². The lowest BCUT2D eigenvalue weighted by Gasteiger charge is -2.35. The highest BCUT2D eigenvalue weighted by Crippen LogP contribution is 2.18. The molecule has 1 aliphatic heterocycles. The van der Waals surface area contributed by atoms with E-state index >= 15 is 0 Å². The number of ether oxygens (including phenoxy) is 1. The SMILES string of the molecule is Cc1ccccc1O[C@H](C)C(=O)N1CCN(CCC(=O)O)CC1. The number of nitrogens with zero attached hydrogens (tertiary/aromatic N) is 2. The fourth-order valence-corrected chi connectivity index (χ4v) is 2.63. The average Bonchev–Trinajstić information content (AvgIpc) is 2.54. The van der Waals surface area contributed by atoms with Crippen molar-refractivity contribution in [3.05, 3.63) is 29.8 Å². The molecule has 0 saturated carbocycles. The Kier molecular flexibility index (Phi) is 5.98. The van der Waals surface area contributed by atoms with Crippen molar-refractivity contribution < 1.29 is 19.4 Å². The molecule has 1 N–H and O–H groups in total. The Balaban J connectivity index is 1.82. The number of hydrogen-bond acceptors (Lipinski definition) is 4. The molecule has 2 rings (SSSR count). The number of aryl methyl sites for hydroxylation is 1. The topological polar surface area (TPSA) is 70.1 Å². The molecule has 126 valence electrons. The maximum Gasteiger partial charge on any atom is 0.304 e. The van der Waals surface area contributed by atoms with Crippen LogP contribution in [0.4, 0.5) is 0 Å². The van der Waals surface area contributed by atoms with Gasteiger partial charge >= 0.3 is 5.97 Å². The number of piperazine rings is 1. The molecule has 1 heterocycles. The van der Waals surface area contributed by atoms with Crippen molar-refractivity contribution in [1.82, 2.24) is 9.80 Å². The summed E-state index contributed by atoms with van der Waals surface area (Å²) >= 11 is 0. The number of aliphatic carboxylic acids is 1. The number of hydrogen-bond donors (Lipinski definition) is 1. The molecule has 0 bridgehead atoms. The number of rotatable bonds is 6. The molecule has 0 unspecified atom stereocenters. The molecule has 6 nitrogen and oxygen atoms in total. The Morgan fingerprint density at radius 3 is 2.48 bits per heavy atom. The minimum absolute atomic E-state index is 0.0221. The van der Waals surface area contributed by atoms with E-state index < -0.39 is 12.1 Å². The van der Waals surface area contributed by atoms with Crippen molar-refractivity contribution in [1.29, 1.82) is 0 Å². The maximum atomic E-state index is 12.5. The van der Waals surface area contributed by atoms with E-state index in [2.05, 4.69) is 4.90 Å². The molecule has 0 spiro atoms. The quantitative estimate of drug-likeness (QED) is 0.857. The Morgan fingerprint density at radius 1 is 1.22 bits per heavy atom. The Bertz CT molecular complexity index is 553. The summed E-state index contributed by atoms with van der Waals surface area (Å²) in [6, 6.07) is 7.64. The molecule has 0 aromatic heterocycles. The fraction of sp³-hybridized carbons (Fsp3) is 0.529. The van der Waals surface area contributed by atoms with Crippen LogP contribution >= 0.6 is 0 Å². The number of benzene rings is 1. The van der Waals surface area contributed by atoms with Gasteiger partial charge in [-0.2, -0.15) is 0 Å². The van der Waals surface area contributed by atoms with Gasteiger partial charge in [-0.1, -0.05) is 18.2 Å². The highest BCUT2D eigenvalue weighted by Gasteiger charge is 2.26. The van der Waals surface area contributed by atoms with Crippen molar-refractivity contribution in [2.24, 2.45) is 0 Å². The summed E-state index contributed by atoms with van der Waals surface area (Å²) in [6.07, 6.45) is -0.387. The van der Waals surface area contributed by atoms with Gasteiger partial charge in [0.1, 0.15) is 5.75 Å². The van der Waals surface area contributed by atoms with Gasteiger partial charge in [0.15, 0.2) is 6.10 Å². The number of carbonyl (C=O) groups excluding carboxylic acids is 1. The van der Waals surface area contributed by atoms with Crippen molar-refractivity contribution >= 4 is 11.9 Å². The van der Waals surface area contributed by atoms with Crippen LogP contribution in [-0.2, 0) is 9.59 Å². The summed E-state index contributed by atoms with van der Waals surface area (Å²) in [4.78, 5) is 26.9. The molecule has 1 aliphatic rings. The van der Waals surface area contributed by atoms with Gasteiger partial charge in [0.05, 0.1) is 6.42 Å². The molecule has 0 aliphatic carbocycles. The summed E-state index contributed by atoms with van der Waals surface area (Å²) < 4.78 is 5.78. The number of para-hydroxylation sites is 1. The lowest BCUT2D eigenvalue weighted by molar-refractivity contribution is -0.141. The minimum atomic E-state index is -0.788. The zero-order valence-electron chi connectivity index (χ0n) is 13.7. The second kappa shape index (κ2) is 7.97. The second-order valence-electron chi connectivity index (χ2n) is 5.84. The monoisotopic (exact) mass is 320 g/mol. The third kappa shape index (κ3) is 4.96. The van der Waals surface area contributed by atoms with E-state index in [-0.39, 0.29) is 12.3 Å². The minimum Gasteiger partial charge on any atom is -0.481 e. The summed E-state index contributed by atoms with van der Waals surface area (Å²) in [5, 5.41) is 8.71. The molecule has 1 amide bonds. The Morgan fingerprint density at radius 2 is 1.87 bits per heavy atom. The van der Waals surface area contributed by atoms with Gasteiger partial charge in [-0.25, -0.2) is 0 Å². The van der Waals surface area contributed by atoms with Gasteiger partial charge in [-0.3, -0.25) is 14.5 Å². The fourth-order valence-electron chi connectivity index (χ4n) is 2.63. The van der Waals surface area contributed by atoms with E-state index in [0.29, 0.717) is 32.7 Å². The lowest BCUT2D eigenvalue weighted by atomic mass is 10.2. The van der Waals surface area contributed by atoms with Crippen LogP contribution in [0, 0.1) is 6.92 Å². The first kappa shape index (κ1) is 17.3. The number of carboxylic acids is 1. The third-order valence-electron chi connectivity index (χ3n) is 4.07. The van der Waals surface area contributed by atoms with E-state index in [0.717, 1.165) is 11.3 Å². The number of carbonyl (C=O) groups is 2. The molecule has 0 radical (unpaired) electrons. The van der Waals surface area contributed by atoms with Gasteiger partial charge in [0.25, 0.3) is 5.91 Å². The Hall–Kier alpha value is -2.08. The van der Waals surface area contributed by atoms with Crippen molar-refractivity contribution in [3.8, 4) is 5.75 Å². The molecule has 1 fully saturated rings. The number of amides is 1. The van der Waals surface area contributed by atoms with Gasteiger partial charge in [0, 0.05) is 32.7 Å². The Labute approximate surface area is 136 Å². The van der Waals surface area contributed by atoms with E-state index in [1.54, 1.807) is 11.8 Å². The second-order valence-corrected chi connectivity index (χ2v) is 5.84. The van der Waals surface area contributed by atoms with Crippen LogP contribution in [0.15, 0.2) is 24.3 Å². The third-order valence-corrected chi connectivity index (χ3v) is 4.07. The van der Waals surface area contributed by atoms with Gasteiger partial charge in [-0.15, -0.1) is 0 Å². The van der Waals surface area contributed by atoms with Crippen LogP contribution in [0.1, 0.15) is 18.9 Å². The molecule has 23 heavy (non-hydrogen) atoms. The van der Waals surface area contributed by atoms with Crippen LogP contribution in [0.3, 0.4) is 0 Å². The molecule has 1 aromatic rings. The first-order valence-corrected chi connectivity index (χ1v) is 7.92. The van der Waals surface area contributed by atoms with E-state index in [1.807, 2.05) is 31.2 Å². The molecule has 1 saturated heterocycles. The first-order chi connectivity index (χ1) is 11.0. The van der Waals surface area contributed by atoms with Crippen molar-refractivity contribution in [2.75, 3.05) is 32.7 Å². The first-order valence-electron chi connectivity index (χ1n) is 7.92. The van der Waals surface area contributed by atoms with Crippen LogP contribution in [0.25, 0.3) is 0 Å². The van der Waals surface area contributed by atoms with Crippen LogP contribution < -0.4 is 4.74 Å². The van der Waals surface area contributed by atoms with Crippen LogP contribution in [-0.4, -0.2) is 65.6 Å².